The van der Waals surface area contributed by atoms with Crippen molar-refractivity contribution in [1.29, 1.82) is 0 Å². The fraction of sp³-hybridized carbons (Fsp3) is 0.933. The third-order valence-electron chi connectivity index (χ3n) is 4.52. The van der Waals surface area contributed by atoms with Crippen LogP contribution in [0.2, 0.25) is 0 Å². The Morgan fingerprint density at radius 2 is 1.95 bits per heavy atom. The zero-order valence-electron chi connectivity index (χ0n) is 12.7. The molecule has 0 aromatic carbocycles. The molecule has 2 aliphatic heterocycles. The van der Waals surface area contributed by atoms with E-state index in [0.29, 0.717) is 11.6 Å². The van der Waals surface area contributed by atoms with E-state index in [0.717, 1.165) is 6.54 Å². The molecule has 0 spiro atoms. The quantitative estimate of drug-likeness (QED) is 0.840. The molecule has 1 unspecified atom stereocenters. The number of piperidine rings is 1. The summed E-state index contributed by atoms with van der Waals surface area (Å²) in [6.45, 7) is 10.5. The summed E-state index contributed by atoms with van der Waals surface area (Å²) in [5.74, 6) is 1.18. The van der Waals surface area contributed by atoms with Crippen molar-refractivity contribution in [2.45, 2.75) is 64.5 Å². The molecule has 110 valence electrons. The zero-order valence-corrected chi connectivity index (χ0v) is 13.6. The predicted molar refractivity (Wildman–Crippen MR) is 86.1 cm³/mol. The lowest BCUT2D eigenvalue weighted by atomic mass is 9.96. The van der Waals surface area contributed by atoms with E-state index in [9.17, 15) is 0 Å². The van der Waals surface area contributed by atoms with E-state index in [1.807, 2.05) is 11.8 Å². The standard InChI is InChI=1S/C15H29N3S/c1-4-15(5-2)12-19-14(17-15)16-13(3)11-18-9-7-6-8-10-18/h13H,4-12H2,1-3H3,(H,16,17). The van der Waals surface area contributed by atoms with Crippen LogP contribution in [0, 0.1) is 0 Å². The Morgan fingerprint density at radius 1 is 1.26 bits per heavy atom. The monoisotopic (exact) mass is 283 g/mol. The average molecular weight is 283 g/mol. The summed E-state index contributed by atoms with van der Waals surface area (Å²) in [6.07, 6.45) is 6.52. The Morgan fingerprint density at radius 3 is 2.53 bits per heavy atom. The lowest BCUT2D eigenvalue weighted by molar-refractivity contribution is 0.220. The molecule has 0 bridgehead atoms. The van der Waals surface area contributed by atoms with Crippen LogP contribution in [0.5, 0.6) is 0 Å². The largest absolute Gasteiger partial charge is 0.359 e. The maximum absolute atomic E-state index is 4.89. The minimum Gasteiger partial charge on any atom is -0.359 e. The van der Waals surface area contributed by atoms with Gasteiger partial charge >= 0.3 is 0 Å². The molecule has 0 aromatic rings. The zero-order chi connectivity index (χ0) is 13.7. The molecule has 1 atom stereocenters. The number of nitrogens with one attached hydrogen (secondary N) is 1. The molecule has 19 heavy (non-hydrogen) atoms. The smallest absolute Gasteiger partial charge is 0.157 e. The van der Waals surface area contributed by atoms with Crippen molar-refractivity contribution in [3.05, 3.63) is 0 Å². The first-order valence-corrected chi connectivity index (χ1v) is 8.87. The Balaban J connectivity index is 1.84. The van der Waals surface area contributed by atoms with E-state index in [1.54, 1.807) is 0 Å². The number of hydrogen-bond acceptors (Lipinski definition) is 3. The Kier molecular flexibility index (Phi) is 5.58. The lowest BCUT2D eigenvalue weighted by Gasteiger charge is -2.28. The first kappa shape index (κ1) is 15.2. The van der Waals surface area contributed by atoms with E-state index in [2.05, 4.69) is 31.0 Å². The maximum Gasteiger partial charge on any atom is 0.157 e. The molecule has 0 amide bonds. The number of amidine groups is 1. The van der Waals surface area contributed by atoms with Gasteiger partial charge in [0, 0.05) is 17.8 Å². The molecule has 2 saturated heterocycles. The molecule has 4 heteroatoms. The molecular weight excluding hydrogens is 254 g/mol. The molecule has 0 aromatic heterocycles. The summed E-state index contributed by atoms with van der Waals surface area (Å²) in [5.41, 5.74) is 0.300. The van der Waals surface area contributed by atoms with Gasteiger partial charge in [-0.1, -0.05) is 32.0 Å². The van der Waals surface area contributed by atoms with Crippen LogP contribution in [-0.2, 0) is 0 Å². The van der Waals surface area contributed by atoms with Crippen molar-refractivity contribution >= 4 is 16.9 Å². The maximum atomic E-state index is 4.89. The van der Waals surface area contributed by atoms with Gasteiger partial charge in [-0.25, -0.2) is 0 Å². The molecule has 2 heterocycles. The van der Waals surface area contributed by atoms with Gasteiger partial charge in [-0.3, -0.25) is 4.99 Å². The topological polar surface area (TPSA) is 27.6 Å². The van der Waals surface area contributed by atoms with Crippen LogP contribution < -0.4 is 5.32 Å². The van der Waals surface area contributed by atoms with Gasteiger partial charge in [0.25, 0.3) is 0 Å². The van der Waals surface area contributed by atoms with Crippen molar-refractivity contribution in [3.63, 3.8) is 0 Å². The normalized spacial score (nSPS) is 27.4. The van der Waals surface area contributed by atoms with Crippen molar-refractivity contribution in [2.24, 2.45) is 4.99 Å². The summed E-state index contributed by atoms with van der Waals surface area (Å²) in [6, 6.07) is 0.414. The molecule has 2 fully saturated rings. The summed E-state index contributed by atoms with van der Waals surface area (Å²) in [5, 5.41) is 4.84. The first-order valence-electron chi connectivity index (χ1n) is 7.88. The fourth-order valence-corrected chi connectivity index (χ4v) is 4.40. The molecule has 3 nitrogen and oxygen atoms in total. The van der Waals surface area contributed by atoms with E-state index in [4.69, 9.17) is 4.99 Å². The van der Waals surface area contributed by atoms with Gasteiger partial charge in [-0.15, -0.1) is 0 Å². The summed E-state index contributed by atoms with van der Waals surface area (Å²) in [7, 11) is 0. The van der Waals surface area contributed by atoms with Gasteiger partial charge in [0.05, 0.1) is 6.04 Å². The molecular formula is C15H29N3S. The third-order valence-corrected chi connectivity index (χ3v) is 5.70. The van der Waals surface area contributed by atoms with E-state index in [1.165, 1.54) is 56.1 Å². The predicted octanol–water partition coefficient (Wildman–Crippen LogP) is 3.11. The summed E-state index contributed by atoms with van der Waals surface area (Å²) < 4.78 is 0. The highest BCUT2D eigenvalue weighted by Gasteiger charge is 2.33. The number of nitrogens with zero attached hydrogens (tertiary/aromatic N) is 2. The van der Waals surface area contributed by atoms with E-state index < -0.39 is 0 Å². The van der Waals surface area contributed by atoms with E-state index in [-0.39, 0.29) is 0 Å². The van der Waals surface area contributed by atoms with Gasteiger partial charge < -0.3 is 10.2 Å². The molecule has 0 aliphatic carbocycles. The van der Waals surface area contributed by atoms with Gasteiger partial charge in [0.1, 0.15) is 0 Å². The highest BCUT2D eigenvalue weighted by molar-refractivity contribution is 8.14. The minimum absolute atomic E-state index is 0.300. The fourth-order valence-electron chi connectivity index (χ4n) is 2.96. The van der Waals surface area contributed by atoms with Crippen molar-refractivity contribution < 1.29 is 0 Å². The van der Waals surface area contributed by atoms with Gasteiger partial charge in [-0.05, 0) is 45.7 Å². The average Bonchev–Trinajstić information content (AvgIpc) is 2.84. The van der Waals surface area contributed by atoms with Crippen molar-refractivity contribution in [1.82, 2.24) is 10.2 Å². The number of likely N-dealkylation sites (tertiary alicyclic amines) is 1. The number of thioether (sulfide) groups is 1. The molecule has 0 radical (unpaired) electrons. The highest BCUT2D eigenvalue weighted by Crippen LogP contribution is 2.29. The van der Waals surface area contributed by atoms with Gasteiger partial charge in [0.2, 0.25) is 0 Å². The highest BCUT2D eigenvalue weighted by atomic mass is 32.2. The second kappa shape index (κ2) is 6.98. The van der Waals surface area contributed by atoms with Crippen molar-refractivity contribution in [3.8, 4) is 0 Å². The van der Waals surface area contributed by atoms with Crippen LogP contribution in [0.15, 0.2) is 4.99 Å². The molecule has 0 saturated carbocycles. The van der Waals surface area contributed by atoms with Crippen LogP contribution in [0.4, 0.5) is 0 Å². The lowest BCUT2D eigenvalue weighted by Crippen LogP contribution is -2.43. The van der Waals surface area contributed by atoms with Crippen LogP contribution in [0.3, 0.4) is 0 Å². The summed E-state index contributed by atoms with van der Waals surface area (Å²) >= 11 is 1.91. The van der Waals surface area contributed by atoms with Crippen LogP contribution in [0.25, 0.3) is 0 Å². The summed E-state index contributed by atoms with van der Waals surface area (Å²) in [4.78, 5) is 7.46. The number of rotatable bonds is 5. The second-order valence-corrected chi connectivity index (χ2v) is 7.01. The Bertz CT molecular complexity index is 307. The number of hydrogen-bond donors (Lipinski definition) is 1. The molecule has 2 aliphatic rings. The van der Waals surface area contributed by atoms with Gasteiger partial charge in [0.15, 0.2) is 5.17 Å². The molecule has 1 N–H and O–H groups in total. The SMILES string of the molecule is CCC1(CC)CSC(=NC(C)CN2CCCCC2)N1. The van der Waals surface area contributed by atoms with Crippen LogP contribution in [0.1, 0.15) is 52.9 Å². The number of aliphatic imine (C=N–C) groups is 1. The first-order chi connectivity index (χ1) is 9.17. The Labute approximate surface area is 122 Å². The minimum atomic E-state index is 0.300. The van der Waals surface area contributed by atoms with E-state index >= 15 is 0 Å². The Hall–Kier alpha value is -0.220. The molecule has 2 rings (SSSR count). The van der Waals surface area contributed by atoms with Crippen LogP contribution in [-0.4, -0.2) is 47.0 Å². The second-order valence-electron chi connectivity index (χ2n) is 6.05. The van der Waals surface area contributed by atoms with Gasteiger partial charge in [-0.2, -0.15) is 0 Å². The third kappa shape index (κ3) is 4.12. The van der Waals surface area contributed by atoms with Crippen molar-refractivity contribution in [2.75, 3.05) is 25.4 Å². The van der Waals surface area contributed by atoms with Crippen LogP contribution >= 0.6 is 11.8 Å².